The molecule has 0 atom stereocenters. The van der Waals surface area contributed by atoms with Gasteiger partial charge < -0.3 is 10.1 Å². The number of hydrogen-bond donors (Lipinski definition) is 3. The van der Waals surface area contributed by atoms with Gasteiger partial charge in [0.15, 0.2) is 0 Å². The van der Waals surface area contributed by atoms with Crippen molar-refractivity contribution in [1.82, 2.24) is 19.6 Å². The van der Waals surface area contributed by atoms with Crippen LogP contribution < -0.4 is 10.6 Å². The molecule has 1 aromatic heterocycles. The lowest BCUT2D eigenvalue weighted by Crippen LogP contribution is -2.42. The molecular formula is C40H42Cl2N6O4S. The fourth-order valence-corrected chi connectivity index (χ4v) is 8.26. The van der Waals surface area contributed by atoms with Gasteiger partial charge in [-0.2, -0.15) is 4.31 Å². The number of halogens is 2. The number of carbonyl (C=O) groups is 1. The first kappa shape index (κ1) is 38.2. The molecule has 0 unspecified atom stereocenters. The number of unbranched alkanes of at least 4 members (excludes halogenated alkanes) is 3. The number of nitrogens with zero attached hydrogens (tertiary/aromatic N) is 3. The second-order valence-electron chi connectivity index (χ2n) is 13.1. The molecule has 1 saturated heterocycles. The molecule has 53 heavy (non-hydrogen) atoms. The highest BCUT2D eigenvalue weighted by Crippen LogP contribution is 2.36. The molecule has 0 saturated carbocycles. The number of amidine groups is 1. The van der Waals surface area contributed by atoms with Gasteiger partial charge in [-0.1, -0.05) is 79.7 Å². The van der Waals surface area contributed by atoms with Crippen molar-refractivity contribution in [2.75, 3.05) is 25.0 Å². The molecule has 1 aliphatic rings. The van der Waals surface area contributed by atoms with E-state index < -0.39 is 16.1 Å². The Balaban J connectivity index is 1.11. The lowest BCUT2D eigenvalue weighted by molar-refractivity contribution is 0.149. The van der Waals surface area contributed by atoms with Crippen molar-refractivity contribution in [1.29, 1.82) is 5.41 Å². The third-order valence-electron chi connectivity index (χ3n) is 9.43. The summed E-state index contributed by atoms with van der Waals surface area (Å²) in [4.78, 5) is 21.3. The fraction of sp³-hybridized carbons (Fsp3) is 0.300. The van der Waals surface area contributed by atoms with Gasteiger partial charge >= 0.3 is 6.09 Å². The van der Waals surface area contributed by atoms with E-state index >= 15 is 0 Å². The number of ether oxygens (including phenoxy) is 1. The number of nitrogens with one attached hydrogen (secondary N) is 3. The number of carbonyl (C=O) groups excluding carboxylic acids is 1. The predicted octanol–water partition coefficient (Wildman–Crippen LogP) is 9.01. The SMILES string of the molecule is CCCCCCOC(=O)NC(=N)c1ccc(S(=O)(=O)N2CCC(Nc3ncnc4ccc(C(c5ccc(Cl)cc5)c5ccc(Cl)cc5)cc34)CC2)cc1. The quantitative estimate of drug-likeness (QED) is 0.0470. The van der Waals surface area contributed by atoms with Gasteiger partial charge in [0, 0.05) is 46.0 Å². The largest absolute Gasteiger partial charge is 0.449 e. The zero-order chi connectivity index (χ0) is 37.4. The molecule has 13 heteroatoms. The maximum Gasteiger partial charge on any atom is 0.412 e. The Bertz CT molecular complexity index is 2100. The van der Waals surface area contributed by atoms with E-state index in [4.69, 9.17) is 33.3 Å². The van der Waals surface area contributed by atoms with Gasteiger partial charge in [-0.15, -0.1) is 0 Å². The highest BCUT2D eigenvalue weighted by Gasteiger charge is 2.30. The number of hydrogen-bond acceptors (Lipinski definition) is 8. The third-order valence-corrected chi connectivity index (χ3v) is 11.8. The summed E-state index contributed by atoms with van der Waals surface area (Å²) in [6.07, 6.45) is 5.90. The topological polar surface area (TPSA) is 137 Å². The van der Waals surface area contributed by atoms with Crippen LogP contribution in [0.25, 0.3) is 10.9 Å². The molecule has 1 aliphatic heterocycles. The van der Waals surface area contributed by atoms with Crippen LogP contribution in [-0.2, 0) is 14.8 Å². The van der Waals surface area contributed by atoms with Crippen LogP contribution in [0.2, 0.25) is 10.0 Å². The molecule has 2 heterocycles. The highest BCUT2D eigenvalue weighted by molar-refractivity contribution is 7.89. The summed E-state index contributed by atoms with van der Waals surface area (Å²) in [5.41, 5.74) is 4.38. The number of fused-ring (bicyclic) bond motifs is 1. The number of rotatable bonds is 13. The van der Waals surface area contributed by atoms with Gasteiger partial charge in [0.1, 0.15) is 18.0 Å². The molecule has 1 amide bonds. The second-order valence-corrected chi connectivity index (χ2v) is 15.9. The van der Waals surface area contributed by atoms with E-state index in [-0.39, 0.29) is 29.3 Å². The summed E-state index contributed by atoms with van der Waals surface area (Å²) in [6.45, 7) is 3.04. The molecule has 0 spiro atoms. The molecule has 4 aromatic carbocycles. The van der Waals surface area contributed by atoms with Crippen molar-refractivity contribution in [3.8, 4) is 0 Å². The zero-order valence-electron chi connectivity index (χ0n) is 29.4. The summed E-state index contributed by atoms with van der Waals surface area (Å²) in [5.74, 6) is 0.443. The molecule has 6 rings (SSSR count). The van der Waals surface area contributed by atoms with Crippen molar-refractivity contribution in [3.05, 3.63) is 130 Å². The van der Waals surface area contributed by atoms with Crippen LogP contribution >= 0.6 is 23.2 Å². The normalized spacial score (nSPS) is 14.0. The molecule has 0 aliphatic carbocycles. The molecule has 5 aromatic rings. The minimum atomic E-state index is -3.77. The van der Waals surface area contributed by atoms with E-state index in [2.05, 4.69) is 39.7 Å². The van der Waals surface area contributed by atoms with Crippen LogP contribution in [0.4, 0.5) is 10.6 Å². The average Bonchev–Trinajstić information content (AvgIpc) is 3.17. The van der Waals surface area contributed by atoms with Crippen LogP contribution in [0.5, 0.6) is 0 Å². The molecule has 276 valence electrons. The van der Waals surface area contributed by atoms with Crippen LogP contribution in [0.1, 0.15) is 73.6 Å². The predicted molar refractivity (Wildman–Crippen MR) is 211 cm³/mol. The third kappa shape index (κ3) is 9.52. The highest BCUT2D eigenvalue weighted by atomic mass is 35.5. The van der Waals surface area contributed by atoms with Gasteiger partial charge in [-0.3, -0.25) is 10.7 Å². The Morgan fingerprint density at radius 2 is 1.49 bits per heavy atom. The van der Waals surface area contributed by atoms with Crippen LogP contribution in [-0.4, -0.2) is 60.4 Å². The van der Waals surface area contributed by atoms with E-state index in [1.807, 2.05) is 54.6 Å². The number of sulfonamides is 1. The van der Waals surface area contributed by atoms with Gasteiger partial charge in [0.25, 0.3) is 0 Å². The second kappa shape index (κ2) is 17.5. The lowest BCUT2D eigenvalue weighted by atomic mass is 9.84. The molecule has 1 fully saturated rings. The van der Waals surface area contributed by atoms with Crippen LogP contribution in [0.3, 0.4) is 0 Å². The maximum absolute atomic E-state index is 13.6. The summed E-state index contributed by atoms with van der Waals surface area (Å²) >= 11 is 12.5. The first-order chi connectivity index (χ1) is 25.6. The van der Waals surface area contributed by atoms with Gasteiger partial charge in [-0.25, -0.2) is 23.2 Å². The number of benzene rings is 4. The Morgan fingerprint density at radius 1 is 0.868 bits per heavy atom. The van der Waals surface area contributed by atoms with Crippen molar-refractivity contribution < 1.29 is 17.9 Å². The molecule has 0 radical (unpaired) electrons. The minimum Gasteiger partial charge on any atom is -0.449 e. The van der Waals surface area contributed by atoms with Crippen molar-refractivity contribution in [2.24, 2.45) is 0 Å². The number of piperidine rings is 1. The van der Waals surface area contributed by atoms with Crippen LogP contribution in [0, 0.1) is 5.41 Å². The van der Waals surface area contributed by atoms with E-state index in [9.17, 15) is 13.2 Å². The molecular weight excluding hydrogens is 731 g/mol. The van der Waals surface area contributed by atoms with E-state index in [0.717, 1.165) is 53.3 Å². The summed E-state index contributed by atoms with van der Waals surface area (Å²) < 4.78 is 33.8. The first-order valence-corrected chi connectivity index (χ1v) is 20.0. The van der Waals surface area contributed by atoms with Crippen LogP contribution in [0.15, 0.2) is 102 Å². The molecule has 3 N–H and O–H groups in total. The average molecular weight is 774 g/mol. The van der Waals surface area contributed by atoms with E-state index in [1.165, 1.54) is 34.9 Å². The van der Waals surface area contributed by atoms with Crippen molar-refractivity contribution in [2.45, 2.75) is 62.3 Å². The molecule has 10 nitrogen and oxygen atoms in total. The smallest absolute Gasteiger partial charge is 0.412 e. The number of alkyl carbamates (subject to hydrolysis) is 1. The Kier molecular flexibility index (Phi) is 12.6. The number of anilines is 1. The number of aromatic nitrogens is 2. The Labute approximate surface area is 320 Å². The first-order valence-electron chi connectivity index (χ1n) is 17.8. The monoisotopic (exact) mass is 772 g/mol. The maximum atomic E-state index is 13.6. The van der Waals surface area contributed by atoms with E-state index in [0.29, 0.717) is 47.4 Å². The number of amides is 1. The fourth-order valence-electron chi connectivity index (χ4n) is 6.54. The zero-order valence-corrected chi connectivity index (χ0v) is 31.7. The Hall–Kier alpha value is -4.55. The van der Waals surface area contributed by atoms with Crippen molar-refractivity contribution >= 4 is 61.9 Å². The Morgan fingerprint density at radius 3 is 2.11 bits per heavy atom. The molecule has 0 bridgehead atoms. The van der Waals surface area contributed by atoms with E-state index in [1.54, 1.807) is 0 Å². The lowest BCUT2D eigenvalue weighted by Gasteiger charge is -2.32. The summed E-state index contributed by atoms with van der Waals surface area (Å²) in [6, 6.07) is 27.8. The van der Waals surface area contributed by atoms with Gasteiger partial charge in [-0.05, 0) is 96.6 Å². The standard InChI is InChI=1S/C40H42Cl2N6O4S/c1-2-3-4-5-24-52-40(49)47-38(43)29-10-17-34(18-11-29)53(50,51)48-22-20-33(21-23-48)46-39-35-25-30(12-19-36(35)44-26-45-39)37(27-6-13-31(41)14-7-27)28-8-15-32(42)16-9-28/h6-19,25-26,33,37H,2-5,20-24H2,1H3,(H2,43,47,49)(H,44,45,46). The van der Waals surface area contributed by atoms with Crippen molar-refractivity contribution in [3.63, 3.8) is 0 Å². The summed E-state index contributed by atoms with van der Waals surface area (Å²) in [7, 11) is -3.77. The summed E-state index contributed by atoms with van der Waals surface area (Å²) in [5, 5.41) is 16.4. The minimum absolute atomic E-state index is 0.00754. The van der Waals surface area contributed by atoms with Gasteiger partial charge in [0.05, 0.1) is 17.0 Å². The van der Waals surface area contributed by atoms with Gasteiger partial charge in [0.2, 0.25) is 10.0 Å².